The van der Waals surface area contributed by atoms with E-state index in [1.807, 2.05) is 19.1 Å². The maximum Gasteiger partial charge on any atom is 0.144 e. The molecule has 0 amide bonds. The first kappa shape index (κ1) is 9.55. The van der Waals surface area contributed by atoms with Crippen LogP contribution in [0.25, 0.3) is 0 Å². The first-order valence-corrected chi connectivity index (χ1v) is 5.66. The summed E-state index contributed by atoms with van der Waals surface area (Å²) in [5, 5.41) is 9.94. The van der Waals surface area contributed by atoms with Crippen LogP contribution in [0.15, 0.2) is 12.2 Å². The second kappa shape index (κ2) is 2.71. The number of carbonyl (C=O) groups excluding carboxylic acids is 1. The van der Waals surface area contributed by atoms with Gasteiger partial charge in [0.25, 0.3) is 0 Å². The predicted molar refractivity (Wildman–Crippen MR) is 54.3 cm³/mol. The Balaban J connectivity index is 2.04. The van der Waals surface area contributed by atoms with Crippen molar-refractivity contribution in [1.29, 1.82) is 0 Å². The predicted octanol–water partition coefficient (Wildman–Crippen LogP) is 1.20. The van der Waals surface area contributed by atoms with Gasteiger partial charge in [0.1, 0.15) is 5.78 Å². The molecule has 15 heavy (non-hydrogen) atoms. The molecule has 1 N–H and O–H groups in total. The summed E-state index contributed by atoms with van der Waals surface area (Å²) in [5.41, 5.74) is -0.896. The van der Waals surface area contributed by atoms with Crippen molar-refractivity contribution < 1.29 is 14.6 Å². The van der Waals surface area contributed by atoms with Gasteiger partial charge in [-0.15, -0.1) is 0 Å². The standard InChI is InChI=1S/C12H16O3/c1-11-5-6-12(15-11)4-2-3-8(13)10(12)9(14)7-11/h5-6,8,10,13H,2-4,7H2,1H3/t8-,10-,11+,12-/m0/s1. The summed E-state index contributed by atoms with van der Waals surface area (Å²) in [6, 6.07) is 0. The molecule has 4 atom stereocenters. The zero-order valence-electron chi connectivity index (χ0n) is 8.90. The number of ether oxygens (including phenoxy) is 1. The van der Waals surface area contributed by atoms with Crippen LogP contribution in [0.2, 0.25) is 0 Å². The number of hydrogen-bond acceptors (Lipinski definition) is 3. The van der Waals surface area contributed by atoms with Gasteiger partial charge in [-0.05, 0) is 26.2 Å². The maximum absolute atomic E-state index is 12.0. The Bertz CT molecular complexity index is 349. The molecule has 3 aliphatic rings. The van der Waals surface area contributed by atoms with Crippen molar-refractivity contribution in [3.63, 3.8) is 0 Å². The molecule has 3 rings (SSSR count). The molecule has 0 aromatic carbocycles. The van der Waals surface area contributed by atoms with Gasteiger partial charge in [-0.1, -0.05) is 12.2 Å². The van der Waals surface area contributed by atoms with Gasteiger partial charge in [-0.2, -0.15) is 0 Å². The van der Waals surface area contributed by atoms with Crippen molar-refractivity contribution in [3.05, 3.63) is 12.2 Å². The highest BCUT2D eigenvalue weighted by Gasteiger charge is 2.58. The Morgan fingerprint density at radius 1 is 1.53 bits per heavy atom. The molecular formula is C12H16O3. The summed E-state index contributed by atoms with van der Waals surface area (Å²) in [6.45, 7) is 1.95. The van der Waals surface area contributed by atoms with Gasteiger partial charge in [-0.3, -0.25) is 4.79 Å². The van der Waals surface area contributed by atoms with Gasteiger partial charge >= 0.3 is 0 Å². The van der Waals surface area contributed by atoms with Crippen molar-refractivity contribution in [2.24, 2.45) is 5.92 Å². The lowest BCUT2D eigenvalue weighted by Gasteiger charge is -2.48. The second-order valence-electron chi connectivity index (χ2n) is 5.28. The number of ketones is 1. The van der Waals surface area contributed by atoms with Crippen LogP contribution in [-0.4, -0.2) is 28.2 Å². The fourth-order valence-corrected chi connectivity index (χ4v) is 3.39. The van der Waals surface area contributed by atoms with Crippen LogP contribution in [-0.2, 0) is 9.53 Å². The normalized spacial score (nSPS) is 53.1. The lowest BCUT2D eigenvalue weighted by atomic mass is 9.70. The van der Waals surface area contributed by atoms with Crippen LogP contribution in [0, 0.1) is 5.92 Å². The van der Waals surface area contributed by atoms with E-state index < -0.39 is 17.3 Å². The fraction of sp³-hybridized carbons (Fsp3) is 0.750. The first-order chi connectivity index (χ1) is 7.05. The minimum Gasteiger partial charge on any atom is -0.392 e. The molecule has 3 heteroatoms. The highest BCUT2D eigenvalue weighted by molar-refractivity contribution is 5.86. The summed E-state index contributed by atoms with van der Waals surface area (Å²) in [5.74, 6) is -0.154. The number of aliphatic hydroxyl groups is 1. The molecular weight excluding hydrogens is 192 g/mol. The minimum atomic E-state index is -0.515. The van der Waals surface area contributed by atoms with Crippen LogP contribution >= 0.6 is 0 Å². The molecule has 0 radical (unpaired) electrons. The molecule has 1 saturated carbocycles. The van der Waals surface area contributed by atoms with Crippen LogP contribution in [0.3, 0.4) is 0 Å². The van der Waals surface area contributed by atoms with Gasteiger partial charge < -0.3 is 9.84 Å². The van der Waals surface area contributed by atoms with E-state index in [9.17, 15) is 9.90 Å². The Labute approximate surface area is 89.1 Å². The van der Waals surface area contributed by atoms with Crippen LogP contribution in [0.4, 0.5) is 0 Å². The summed E-state index contributed by atoms with van der Waals surface area (Å²) in [6.07, 6.45) is 6.45. The van der Waals surface area contributed by atoms with Crippen molar-refractivity contribution in [2.45, 2.75) is 49.9 Å². The average molecular weight is 208 g/mol. The molecule has 82 valence electrons. The van der Waals surface area contributed by atoms with E-state index in [-0.39, 0.29) is 11.7 Å². The Morgan fingerprint density at radius 3 is 3.13 bits per heavy atom. The summed E-state index contributed by atoms with van der Waals surface area (Å²) >= 11 is 0. The molecule has 0 aromatic rings. The number of rotatable bonds is 0. The van der Waals surface area contributed by atoms with Crippen LogP contribution in [0.5, 0.6) is 0 Å². The van der Waals surface area contributed by atoms with Gasteiger partial charge in [0.2, 0.25) is 0 Å². The molecule has 2 bridgehead atoms. The van der Waals surface area contributed by atoms with E-state index in [1.54, 1.807) is 0 Å². The Morgan fingerprint density at radius 2 is 2.33 bits per heavy atom. The number of Topliss-reactive ketones (excluding diaryl/α,β-unsaturated/α-hetero) is 1. The molecule has 1 saturated heterocycles. The number of carbonyl (C=O) groups is 1. The molecule has 0 unspecified atom stereocenters. The molecule has 2 heterocycles. The molecule has 3 nitrogen and oxygen atoms in total. The average Bonchev–Trinajstić information content (AvgIpc) is 2.38. The van der Waals surface area contributed by atoms with Crippen molar-refractivity contribution in [2.75, 3.05) is 0 Å². The maximum atomic E-state index is 12.0. The SMILES string of the molecule is C[C@@]12C=C[C@]3(CCC[C@H](O)[C@H]3C(=O)C1)O2. The number of hydrogen-bond donors (Lipinski definition) is 1. The van der Waals surface area contributed by atoms with E-state index in [2.05, 4.69) is 0 Å². The third-order valence-electron chi connectivity index (χ3n) is 3.99. The smallest absolute Gasteiger partial charge is 0.144 e. The summed E-state index contributed by atoms with van der Waals surface area (Å²) < 4.78 is 6.03. The second-order valence-corrected chi connectivity index (χ2v) is 5.28. The Kier molecular flexibility index (Phi) is 1.73. The van der Waals surface area contributed by atoms with E-state index in [4.69, 9.17) is 4.74 Å². The topological polar surface area (TPSA) is 46.5 Å². The largest absolute Gasteiger partial charge is 0.392 e. The highest BCUT2D eigenvalue weighted by Crippen LogP contribution is 2.51. The third kappa shape index (κ3) is 1.16. The van der Waals surface area contributed by atoms with Gasteiger partial charge in [0, 0.05) is 6.42 Å². The monoisotopic (exact) mass is 208 g/mol. The van der Waals surface area contributed by atoms with Crippen molar-refractivity contribution >= 4 is 5.78 Å². The zero-order valence-corrected chi connectivity index (χ0v) is 8.90. The van der Waals surface area contributed by atoms with Gasteiger partial charge in [-0.25, -0.2) is 0 Å². The number of aliphatic hydroxyl groups excluding tert-OH is 1. The fourth-order valence-electron chi connectivity index (χ4n) is 3.39. The highest BCUT2D eigenvalue weighted by atomic mass is 16.5. The molecule has 1 aliphatic carbocycles. The first-order valence-electron chi connectivity index (χ1n) is 5.66. The van der Waals surface area contributed by atoms with E-state index in [1.165, 1.54) is 0 Å². The third-order valence-corrected chi connectivity index (χ3v) is 3.99. The van der Waals surface area contributed by atoms with Crippen LogP contribution < -0.4 is 0 Å². The molecule has 0 aromatic heterocycles. The van der Waals surface area contributed by atoms with E-state index in [0.29, 0.717) is 6.42 Å². The van der Waals surface area contributed by atoms with Gasteiger partial charge in [0.05, 0.1) is 23.2 Å². The molecule has 1 spiro atoms. The van der Waals surface area contributed by atoms with Crippen molar-refractivity contribution in [1.82, 2.24) is 0 Å². The summed E-state index contributed by atoms with van der Waals surface area (Å²) in [4.78, 5) is 12.0. The molecule has 2 aliphatic heterocycles. The lowest BCUT2D eigenvalue weighted by molar-refractivity contribution is -0.190. The Hall–Kier alpha value is -0.670. The zero-order chi connectivity index (χ0) is 10.7. The van der Waals surface area contributed by atoms with Gasteiger partial charge in [0.15, 0.2) is 0 Å². The van der Waals surface area contributed by atoms with Crippen LogP contribution in [0.1, 0.15) is 32.6 Å². The lowest BCUT2D eigenvalue weighted by Crippen LogP contribution is -2.57. The summed E-state index contributed by atoms with van der Waals surface area (Å²) in [7, 11) is 0. The van der Waals surface area contributed by atoms with E-state index >= 15 is 0 Å². The van der Waals surface area contributed by atoms with E-state index in [0.717, 1.165) is 19.3 Å². The molecule has 2 fully saturated rings. The quantitative estimate of drug-likeness (QED) is 0.608. The number of fused-ring (bicyclic) bond motifs is 1. The van der Waals surface area contributed by atoms with Crippen molar-refractivity contribution in [3.8, 4) is 0 Å². The minimum absolute atomic E-state index is 0.168.